The van der Waals surface area contributed by atoms with Crippen molar-refractivity contribution < 1.29 is 4.79 Å². The first-order valence-corrected chi connectivity index (χ1v) is 8.21. The lowest BCUT2D eigenvalue weighted by Gasteiger charge is -2.35. The van der Waals surface area contributed by atoms with Crippen LogP contribution in [0.25, 0.3) is 0 Å². The SMILES string of the molecule is CCCNc1ncnc(N2CCCCC2C(=O)NC)c1Br. The van der Waals surface area contributed by atoms with Crippen molar-refractivity contribution in [2.75, 3.05) is 30.4 Å². The van der Waals surface area contributed by atoms with Gasteiger partial charge in [-0.25, -0.2) is 9.97 Å². The molecule has 0 aliphatic carbocycles. The number of hydrogen-bond acceptors (Lipinski definition) is 5. The third-order valence-corrected chi connectivity index (χ3v) is 4.37. The first-order chi connectivity index (χ1) is 10.2. The number of aromatic nitrogens is 2. The molecule has 21 heavy (non-hydrogen) atoms. The van der Waals surface area contributed by atoms with E-state index < -0.39 is 0 Å². The number of piperidine rings is 1. The van der Waals surface area contributed by atoms with E-state index in [4.69, 9.17) is 0 Å². The fourth-order valence-electron chi connectivity index (χ4n) is 2.55. The van der Waals surface area contributed by atoms with Crippen LogP contribution in [0.5, 0.6) is 0 Å². The minimum Gasteiger partial charge on any atom is -0.369 e. The van der Waals surface area contributed by atoms with Crippen LogP contribution in [0.1, 0.15) is 32.6 Å². The molecule has 1 aromatic rings. The fourth-order valence-corrected chi connectivity index (χ4v) is 3.12. The molecule has 2 rings (SSSR count). The zero-order chi connectivity index (χ0) is 15.2. The van der Waals surface area contributed by atoms with E-state index in [-0.39, 0.29) is 11.9 Å². The number of likely N-dealkylation sites (N-methyl/N-ethyl adjacent to an activating group) is 1. The van der Waals surface area contributed by atoms with E-state index in [0.717, 1.165) is 54.9 Å². The highest BCUT2D eigenvalue weighted by Crippen LogP contribution is 2.33. The minimum atomic E-state index is -0.158. The molecule has 116 valence electrons. The number of nitrogens with zero attached hydrogens (tertiary/aromatic N) is 3. The molecule has 1 aliphatic rings. The van der Waals surface area contributed by atoms with Crippen molar-refractivity contribution in [1.29, 1.82) is 0 Å². The van der Waals surface area contributed by atoms with Gasteiger partial charge in [-0.15, -0.1) is 0 Å². The molecule has 1 amide bonds. The fraction of sp³-hybridized carbons (Fsp3) is 0.643. The van der Waals surface area contributed by atoms with E-state index in [1.807, 2.05) is 0 Å². The molecule has 0 bridgehead atoms. The number of hydrogen-bond donors (Lipinski definition) is 2. The van der Waals surface area contributed by atoms with E-state index in [1.165, 1.54) is 0 Å². The molecule has 1 aliphatic heterocycles. The molecule has 0 radical (unpaired) electrons. The summed E-state index contributed by atoms with van der Waals surface area (Å²) in [6.07, 6.45) is 5.57. The van der Waals surface area contributed by atoms with Crippen molar-refractivity contribution in [3.05, 3.63) is 10.8 Å². The van der Waals surface area contributed by atoms with E-state index in [0.29, 0.717) is 0 Å². The average molecular weight is 356 g/mol. The van der Waals surface area contributed by atoms with Crippen LogP contribution < -0.4 is 15.5 Å². The molecule has 1 fully saturated rings. The summed E-state index contributed by atoms with van der Waals surface area (Å²) in [6, 6.07) is -0.158. The average Bonchev–Trinajstić information content (AvgIpc) is 2.53. The predicted molar refractivity (Wildman–Crippen MR) is 87.6 cm³/mol. The Kier molecular flexibility index (Phi) is 5.78. The Morgan fingerprint density at radius 3 is 3.00 bits per heavy atom. The highest BCUT2D eigenvalue weighted by molar-refractivity contribution is 9.10. The Morgan fingerprint density at radius 1 is 1.48 bits per heavy atom. The maximum atomic E-state index is 12.1. The summed E-state index contributed by atoms with van der Waals surface area (Å²) in [4.78, 5) is 22.8. The summed E-state index contributed by atoms with van der Waals surface area (Å²) in [5, 5.41) is 6.02. The number of rotatable bonds is 5. The quantitative estimate of drug-likeness (QED) is 0.846. The Labute approximate surface area is 133 Å². The van der Waals surface area contributed by atoms with Gasteiger partial charge in [0.1, 0.15) is 28.5 Å². The van der Waals surface area contributed by atoms with Crippen molar-refractivity contribution in [3.8, 4) is 0 Å². The molecule has 2 N–H and O–H groups in total. The summed E-state index contributed by atoms with van der Waals surface area (Å²) in [5.41, 5.74) is 0. The van der Waals surface area contributed by atoms with Crippen molar-refractivity contribution >= 4 is 33.5 Å². The molecular formula is C14H22BrN5O. The van der Waals surface area contributed by atoms with Crippen molar-refractivity contribution in [2.24, 2.45) is 0 Å². The third kappa shape index (κ3) is 3.64. The van der Waals surface area contributed by atoms with Gasteiger partial charge >= 0.3 is 0 Å². The molecule has 2 heterocycles. The van der Waals surface area contributed by atoms with Gasteiger partial charge in [0, 0.05) is 20.1 Å². The molecule has 1 saturated heterocycles. The zero-order valence-corrected chi connectivity index (χ0v) is 14.1. The van der Waals surface area contributed by atoms with Gasteiger partial charge in [-0.1, -0.05) is 6.92 Å². The van der Waals surface area contributed by atoms with Gasteiger partial charge in [-0.2, -0.15) is 0 Å². The van der Waals surface area contributed by atoms with Crippen LogP contribution in [-0.4, -0.2) is 42.1 Å². The molecule has 6 nitrogen and oxygen atoms in total. The molecule has 0 spiro atoms. The minimum absolute atomic E-state index is 0.0447. The van der Waals surface area contributed by atoms with Crippen LogP contribution in [0.2, 0.25) is 0 Å². The Bertz CT molecular complexity index is 496. The number of carbonyl (C=O) groups excluding carboxylic acids is 1. The number of amides is 1. The second-order valence-corrected chi connectivity index (χ2v) is 5.90. The lowest BCUT2D eigenvalue weighted by atomic mass is 10.0. The summed E-state index contributed by atoms with van der Waals surface area (Å²) in [7, 11) is 1.68. The Balaban J connectivity index is 2.28. The van der Waals surface area contributed by atoms with Gasteiger partial charge < -0.3 is 15.5 Å². The van der Waals surface area contributed by atoms with Gasteiger partial charge in [0.15, 0.2) is 0 Å². The van der Waals surface area contributed by atoms with Crippen LogP contribution >= 0.6 is 15.9 Å². The summed E-state index contributed by atoms with van der Waals surface area (Å²) >= 11 is 3.58. The van der Waals surface area contributed by atoms with Crippen LogP contribution in [0.15, 0.2) is 10.8 Å². The maximum absolute atomic E-state index is 12.1. The van der Waals surface area contributed by atoms with E-state index >= 15 is 0 Å². The van der Waals surface area contributed by atoms with Crippen LogP contribution in [0, 0.1) is 0 Å². The van der Waals surface area contributed by atoms with E-state index in [2.05, 4.69) is 48.4 Å². The molecular weight excluding hydrogens is 334 g/mol. The number of carbonyl (C=O) groups is 1. The molecule has 1 atom stereocenters. The van der Waals surface area contributed by atoms with E-state index in [9.17, 15) is 4.79 Å². The van der Waals surface area contributed by atoms with Gasteiger partial charge in [-0.3, -0.25) is 4.79 Å². The standard InChI is InChI=1S/C14H22BrN5O/c1-3-7-17-12-11(15)13(19-9-18-12)20-8-5-4-6-10(20)14(21)16-2/h9-10H,3-8H2,1-2H3,(H,16,21)(H,17,18,19). The second-order valence-electron chi connectivity index (χ2n) is 5.11. The van der Waals surface area contributed by atoms with E-state index in [1.54, 1.807) is 13.4 Å². The van der Waals surface area contributed by atoms with Crippen molar-refractivity contribution in [3.63, 3.8) is 0 Å². The van der Waals surface area contributed by atoms with Crippen molar-refractivity contribution in [1.82, 2.24) is 15.3 Å². The molecule has 1 unspecified atom stereocenters. The number of nitrogens with one attached hydrogen (secondary N) is 2. The smallest absolute Gasteiger partial charge is 0.242 e. The van der Waals surface area contributed by atoms with Crippen LogP contribution in [-0.2, 0) is 4.79 Å². The summed E-state index contributed by atoms with van der Waals surface area (Å²) in [6.45, 7) is 3.80. The predicted octanol–water partition coefficient (Wildman–Crippen LogP) is 2.17. The lowest BCUT2D eigenvalue weighted by Crippen LogP contribution is -2.49. The number of halogens is 1. The summed E-state index contributed by atoms with van der Waals surface area (Å²) < 4.78 is 0.828. The topological polar surface area (TPSA) is 70.2 Å². The van der Waals surface area contributed by atoms with Crippen LogP contribution in [0.4, 0.5) is 11.6 Å². The normalized spacial score (nSPS) is 18.4. The molecule has 0 saturated carbocycles. The third-order valence-electron chi connectivity index (χ3n) is 3.64. The highest BCUT2D eigenvalue weighted by atomic mass is 79.9. The molecule has 0 aromatic carbocycles. The largest absolute Gasteiger partial charge is 0.369 e. The van der Waals surface area contributed by atoms with Crippen molar-refractivity contribution in [2.45, 2.75) is 38.6 Å². The van der Waals surface area contributed by atoms with Crippen LogP contribution in [0.3, 0.4) is 0 Å². The van der Waals surface area contributed by atoms with Gasteiger partial charge in [0.2, 0.25) is 5.91 Å². The second kappa shape index (κ2) is 7.59. The van der Waals surface area contributed by atoms with Gasteiger partial charge in [0.25, 0.3) is 0 Å². The number of anilines is 2. The monoisotopic (exact) mass is 355 g/mol. The molecule has 1 aromatic heterocycles. The first kappa shape index (κ1) is 16.0. The molecule has 7 heteroatoms. The van der Waals surface area contributed by atoms with Gasteiger partial charge in [0.05, 0.1) is 0 Å². The Morgan fingerprint density at radius 2 is 2.29 bits per heavy atom. The maximum Gasteiger partial charge on any atom is 0.242 e. The Hall–Kier alpha value is -1.37. The van der Waals surface area contributed by atoms with Gasteiger partial charge in [-0.05, 0) is 41.6 Å². The first-order valence-electron chi connectivity index (χ1n) is 7.41. The summed E-state index contributed by atoms with van der Waals surface area (Å²) in [5.74, 6) is 1.61. The lowest BCUT2D eigenvalue weighted by molar-refractivity contribution is -0.122. The highest BCUT2D eigenvalue weighted by Gasteiger charge is 2.30. The zero-order valence-electron chi connectivity index (χ0n) is 12.5.